The first-order valence-electron chi connectivity index (χ1n) is 6.89. The summed E-state index contributed by atoms with van der Waals surface area (Å²) in [5, 5.41) is 3.61. The zero-order valence-corrected chi connectivity index (χ0v) is 12.6. The van der Waals surface area contributed by atoms with Gasteiger partial charge in [0.25, 0.3) is 0 Å². The predicted octanol–water partition coefficient (Wildman–Crippen LogP) is 1.72. The molecule has 1 N–H and O–H groups in total. The molecule has 2 atom stereocenters. The van der Waals surface area contributed by atoms with E-state index in [9.17, 15) is 0 Å². The van der Waals surface area contributed by atoms with Gasteiger partial charge in [-0.05, 0) is 0 Å². The van der Waals surface area contributed by atoms with Gasteiger partial charge in [-0.3, -0.25) is 0 Å². The first kappa shape index (κ1) is 11.7. The number of aliphatic imine (C=N–C) groups is 1. The average molecular weight is 313 g/mol. The Balaban J connectivity index is 1.70. The Kier molecular flexibility index (Phi) is 2.78. The van der Waals surface area contributed by atoms with Gasteiger partial charge in [0.05, 0.1) is 0 Å². The average Bonchev–Trinajstić information content (AvgIpc) is 3.06. The number of rotatable bonds is 1. The number of hydrogen-bond donors (Lipinski definition) is 1. The van der Waals surface area contributed by atoms with E-state index in [-0.39, 0.29) is 0 Å². The van der Waals surface area contributed by atoms with Gasteiger partial charge >= 0.3 is 122 Å². The van der Waals surface area contributed by atoms with Crippen LogP contribution >= 0.6 is 0 Å². The van der Waals surface area contributed by atoms with Crippen LogP contribution < -0.4 is 5.32 Å². The molecule has 0 spiro atoms. The van der Waals surface area contributed by atoms with E-state index in [1.54, 1.807) is 0 Å². The van der Waals surface area contributed by atoms with E-state index < -0.39 is 0 Å². The molecule has 0 amide bonds. The molecule has 2 aliphatic heterocycles. The van der Waals surface area contributed by atoms with Crippen molar-refractivity contribution in [2.45, 2.75) is 31.5 Å². The zero-order valence-electron chi connectivity index (χ0n) is 10.7. The van der Waals surface area contributed by atoms with Crippen LogP contribution in [0.3, 0.4) is 0 Å². The van der Waals surface area contributed by atoms with Crippen LogP contribution in [0.1, 0.15) is 30.0 Å². The fourth-order valence-corrected chi connectivity index (χ4v) is 4.10. The summed E-state index contributed by atoms with van der Waals surface area (Å²) in [7, 11) is 0. The maximum absolute atomic E-state index is 4.58. The Labute approximate surface area is 122 Å². The summed E-state index contributed by atoms with van der Waals surface area (Å²) in [6, 6.07) is 9.31. The fourth-order valence-electron chi connectivity index (χ4n) is 3.50. The standard InChI is InChI=1S/C15H16AsN3/c16-14-12-7-8-17-15(12)19(9-18-14)13-6-5-10-3-1-2-4-11(10)13/h1-4,9,13,15,17H,5-8H2/t13-,15?/m0/s1. The molecule has 1 unspecified atom stereocenters. The molecule has 1 saturated heterocycles. The molecule has 0 bridgehead atoms. The number of hydrogen-bond acceptors (Lipinski definition) is 3. The van der Waals surface area contributed by atoms with Gasteiger partial charge in [0.15, 0.2) is 0 Å². The van der Waals surface area contributed by atoms with Crippen molar-refractivity contribution in [2.24, 2.45) is 4.99 Å². The normalized spacial score (nSPS) is 28.8. The molecule has 96 valence electrons. The van der Waals surface area contributed by atoms with E-state index in [2.05, 4.69) is 56.3 Å². The van der Waals surface area contributed by atoms with Crippen LogP contribution in [0, 0.1) is 0 Å². The van der Waals surface area contributed by atoms with Crippen molar-refractivity contribution in [1.29, 1.82) is 0 Å². The number of nitrogens with one attached hydrogen (secondary N) is 1. The van der Waals surface area contributed by atoms with Gasteiger partial charge in [-0.1, -0.05) is 0 Å². The van der Waals surface area contributed by atoms with Crippen LogP contribution in [0.4, 0.5) is 0 Å². The minimum atomic E-state index is 0.354. The fraction of sp³-hybridized carbons (Fsp3) is 0.400. The summed E-state index contributed by atoms with van der Waals surface area (Å²) in [6.45, 7) is 1.06. The Morgan fingerprint density at radius 1 is 1.26 bits per heavy atom. The maximum atomic E-state index is 4.58. The summed E-state index contributed by atoms with van der Waals surface area (Å²) in [5.74, 6) is 0. The molecule has 3 aliphatic rings. The summed E-state index contributed by atoms with van der Waals surface area (Å²) < 4.78 is 1.14. The molecule has 1 aromatic carbocycles. The van der Waals surface area contributed by atoms with Crippen molar-refractivity contribution >= 4 is 23.2 Å². The second kappa shape index (κ2) is 4.50. The van der Waals surface area contributed by atoms with E-state index in [4.69, 9.17) is 0 Å². The molecule has 1 fully saturated rings. The van der Waals surface area contributed by atoms with Crippen molar-refractivity contribution in [3.8, 4) is 0 Å². The molecule has 4 heteroatoms. The molecule has 0 aromatic heterocycles. The summed E-state index contributed by atoms with van der Waals surface area (Å²) in [5.41, 5.74) is 4.44. The third-order valence-corrected chi connectivity index (χ3v) is 5.27. The molecule has 0 saturated carbocycles. The zero-order chi connectivity index (χ0) is 12.8. The van der Waals surface area contributed by atoms with E-state index >= 15 is 0 Å². The van der Waals surface area contributed by atoms with Gasteiger partial charge < -0.3 is 0 Å². The third-order valence-electron chi connectivity index (χ3n) is 4.42. The molecular weight excluding hydrogens is 297 g/mol. The summed E-state index contributed by atoms with van der Waals surface area (Å²) >= 11 is 2.61. The molecule has 2 radical (unpaired) electrons. The van der Waals surface area contributed by atoms with Crippen LogP contribution in [-0.2, 0) is 6.42 Å². The van der Waals surface area contributed by atoms with Gasteiger partial charge in [0.2, 0.25) is 0 Å². The Bertz CT molecular complexity index is 579. The van der Waals surface area contributed by atoms with Gasteiger partial charge in [-0.2, -0.15) is 0 Å². The summed E-state index contributed by atoms with van der Waals surface area (Å²) in [4.78, 5) is 7.01. The van der Waals surface area contributed by atoms with Gasteiger partial charge in [0, 0.05) is 0 Å². The quantitative estimate of drug-likeness (QED) is 0.800. The third kappa shape index (κ3) is 1.79. The van der Waals surface area contributed by atoms with Crippen molar-refractivity contribution in [3.63, 3.8) is 0 Å². The van der Waals surface area contributed by atoms with E-state index in [0.717, 1.165) is 17.5 Å². The van der Waals surface area contributed by atoms with Crippen LogP contribution in [0.2, 0.25) is 0 Å². The van der Waals surface area contributed by atoms with E-state index in [0.29, 0.717) is 12.2 Å². The molecule has 3 nitrogen and oxygen atoms in total. The van der Waals surface area contributed by atoms with Crippen LogP contribution in [-0.4, -0.2) is 40.8 Å². The van der Waals surface area contributed by atoms with Crippen molar-refractivity contribution in [3.05, 3.63) is 45.5 Å². The van der Waals surface area contributed by atoms with Crippen molar-refractivity contribution in [2.75, 3.05) is 6.54 Å². The Hall–Kier alpha value is -1.05. The predicted molar refractivity (Wildman–Crippen MR) is 77.0 cm³/mol. The van der Waals surface area contributed by atoms with Crippen LogP contribution in [0.15, 0.2) is 39.3 Å². The topological polar surface area (TPSA) is 27.6 Å². The molecule has 4 rings (SSSR count). The van der Waals surface area contributed by atoms with Gasteiger partial charge in [-0.15, -0.1) is 0 Å². The van der Waals surface area contributed by atoms with Crippen LogP contribution in [0.5, 0.6) is 0 Å². The van der Waals surface area contributed by atoms with Crippen molar-refractivity contribution in [1.82, 2.24) is 10.2 Å². The number of nitrogens with zero attached hydrogens (tertiary/aromatic N) is 2. The molecule has 1 aromatic rings. The number of aryl methyl sites for hydroxylation is 1. The Morgan fingerprint density at radius 3 is 3.11 bits per heavy atom. The number of benzene rings is 1. The van der Waals surface area contributed by atoms with Gasteiger partial charge in [0.1, 0.15) is 0 Å². The Morgan fingerprint density at radius 2 is 2.16 bits per heavy atom. The van der Waals surface area contributed by atoms with E-state index in [1.807, 2.05) is 6.34 Å². The van der Waals surface area contributed by atoms with Gasteiger partial charge in [-0.25, -0.2) is 0 Å². The molecule has 2 heterocycles. The first-order valence-corrected chi connectivity index (χ1v) is 7.83. The SMILES string of the molecule is [As]C1=C2CCNC2N([C@H]2CCc3ccccc32)C=N1. The number of fused-ring (bicyclic) bond motifs is 2. The van der Waals surface area contributed by atoms with Crippen LogP contribution in [0.25, 0.3) is 0 Å². The summed E-state index contributed by atoms with van der Waals surface area (Å²) in [6.07, 6.45) is 5.90. The van der Waals surface area contributed by atoms with E-state index in [1.165, 1.54) is 29.5 Å². The monoisotopic (exact) mass is 313 g/mol. The minimum absolute atomic E-state index is 0.354. The molecule has 1 aliphatic carbocycles. The first-order chi connectivity index (χ1) is 9.34. The second-order valence-corrected chi connectivity index (χ2v) is 6.29. The second-order valence-electron chi connectivity index (χ2n) is 5.40. The molecule has 19 heavy (non-hydrogen) atoms. The molecular formula is C15H16AsN3. The van der Waals surface area contributed by atoms with Crippen molar-refractivity contribution < 1.29 is 0 Å².